The van der Waals surface area contributed by atoms with Crippen LogP contribution in [-0.2, 0) is 0 Å². The van der Waals surface area contributed by atoms with Crippen molar-refractivity contribution in [3.63, 3.8) is 0 Å². The molecular formula is C13H10N2O. The summed E-state index contributed by atoms with van der Waals surface area (Å²) in [7, 11) is 0. The number of para-hydroxylation sites is 1. The number of fused-ring (bicyclic) bond motifs is 1. The van der Waals surface area contributed by atoms with Crippen molar-refractivity contribution >= 4 is 16.7 Å². The molecule has 0 aliphatic heterocycles. The number of nitriles is 1. The molecule has 3 nitrogen and oxygen atoms in total. The molecule has 3 heteroatoms. The maximum atomic E-state index is 11.8. The van der Waals surface area contributed by atoms with Gasteiger partial charge in [0.15, 0.2) is 5.78 Å². The van der Waals surface area contributed by atoms with E-state index in [1.807, 2.05) is 37.3 Å². The molecule has 2 rings (SSSR count). The van der Waals surface area contributed by atoms with Gasteiger partial charge in [0.05, 0.1) is 5.52 Å². The van der Waals surface area contributed by atoms with Crippen LogP contribution >= 0.6 is 0 Å². The van der Waals surface area contributed by atoms with Crippen molar-refractivity contribution in [3.05, 3.63) is 41.6 Å². The van der Waals surface area contributed by atoms with Gasteiger partial charge in [0.1, 0.15) is 11.8 Å². The second kappa shape index (κ2) is 4.11. The Balaban J connectivity index is 2.79. The molecule has 2 aromatic rings. The van der Waals surface area contributed by atoms with E-state index in [1.54, 1.807) is 6.07 Å². The zero-order chi connectivity index (χ0) is 11.5. The van der Waals surface area contributed by atoms with Crippen LogP contribution in [0, 0.1) is 11.3 Å². The van der Waals surface area contributed by atoms with Crippen molar-refractivity contribution in [2.75, 3.05) is 0 Å². The van der Waals surface area contributed by atoms with Gasteiger partial charge in [-0.25, -0.2) is 4.98 Å². The lowest BCUT2D eigenvalue weighted by Gasteiger charge is -2.04. The molecule has 0 atom stereocenters. The Bertz CT molecular complexity index is 596. The van der Waals surface area contributed by atoms with Crippen molar-refractivity contribution in [1.29, 1.82) is 5.26 Å². The van der Waals surface area contributed by atoms with E-state index in [9.17, 15) is 4.79 Å². The van der Waals surface area contributed by atoms with E-state index in [1.165, 1.54) is 0 Å². The fraction of sp³-hybridized carbons (Fsp3) is 0.154. The molecule has 0 saturated heterocycles. The zero-order valence-electron chi connectivity index (χ0n) is 8.90. The average Bonchev–Trinajstić information content (AvgIpc) is 2.36. The number of hydrogen-bond donors (Lipinski definition) is 0. The highest BCUT2D eigenvalue weighted by atomic mass is 16.1. The highest BCUT2D eigenvalue weighted by Crippen LogP contribution is 2.19. The number of hydrogen-bond acceptors (Lipinski definition) is 3. The highest BCUT2D eigenvalue weighted by molar-refractivity contribution is 6.07. The number of rotatable bonds is 2. The molecule has 1 aromatic carbocycles. The van der Waals surface area contributed by atoms with Crippen LogP contribution in [0.2, 0.25) is 0 Å². The van der Waals surface area contributed by atoms with E-state index in [-0.39, 0.29) is 11.5 Å². The van der Waals surface area contributed by atoms with Crippen molar-refractivity contribution in [2.24, 2.45) is 0 Å². The van der Waals surface area contributed by atoms with E-state index in [0.29, 0.717) is 17.5 Å². The van der Waals surface area contributed by atoms with Gasteiger partial charge in [-0.15, -0.1) is 0 Å². The summed E-state index contributed by atoms with van der Waals surface area (Å²) in [5, 5.41) is 9.67. The Morgan fingerprint density at radius 2 is 2.19 bits per heavy atom. The number of pyridine rings is 1. The second-order valence-corrected chi connectivity index (χ2v) is 3.46. The van der Waals surface area contributed by atoms with Gasteiger partial charge in [-0.1, -0.05) is 25.1 Å². The van der Waals surface area contributed by atoms with Gasteiger partial charge in [-0.2, -0.15) is 5.26 Å². The predicted octanol–water partition coefficient (Wildman–Crippen LogP) is 2.70. The summed E-state index contributed by atoms with van der Waals surface area (Å²) in [5.74, 6) is 0.0371. The van der Waals surface area contributed by atoms with Crippen molar-refractivity contribution in [2.45, 2.75) is 13.3 Å². The molecule has 0 aliphatic carbocycles. The fourth-order valence-electron chi connectivity index (χ4n) is 1.65. The Hall–Kier alpha value is -2.21. The quantitative estimate of drug-likeness (QED) is 0.716. The maximum Gasteiger partial charge on any atom is 0.163 e. The topological polar surface area (TPSA) is 53.8 Å². The molecule has 0 radical (unpaired) electrons. The Labute approximate surface area is 93.3 Å². The minimum atomic E-state index is 0.0371. The molecule has 0 unspecified atom stereocenters. The van der Waals surface area contributed by atoms with Crippen LogP contribution in [0.25, 0.3) is 10.9 Å². The summed E-state index contributed by atoms with van der Waals surface area (Å²) in [6.45, 7) is 1.81. The zero-order valence-corrected chi connectivity index (χ0v) is 8.90. The lowest BCUT2D eigenvalue weighted by atomic mass is 10.0. The predicted molar refractivity (Wildman–Crippen MR) is 61.1 cm³/mol. The summed E-state index contributed by atoms with van der Waals surface area (Å²) >= 11 is 0. The summed E-state index contributed by atoms with van der Waals surface area (Å²) in [6.07, 6.45) is 0.429. The van der Waals surface area contributed by atoms with Crippen LogP contribution in [0.15, 0.2) is 30.3 Å². The molecule has 0 spiro atoms. The van der Waals surface area contributed by atoms with Gasteiger partial charge in [0.25, 0.3) is 0 Å². The molecule has 0 aliphatic rings. The molecule has 1 heterocycles. The van der Waals surface area contributed by atoms with E-state index in [2.05, 4.69) is 4.98 Å². The van der Waals surface area contributed by atoms with Crippen LogP contribution < -0.4 is 0 Å². The van der Waals surface area contributed by atoms with Gasteiger partial charge < -0.3 is 0 Å². The first-order chi connectivity index (χ1) is 7.76. The summed E-state index contributed by atoms with van der Waals surface area (Å²) in [6, 6.07) is 10.9. The Morgan fingerprint density at radius 1 is 1.44 bits per heavy atom. The molecule has 0 saturated carbocycles. The molecule has 0 N–H and O–H groups in total. The van der Waals surface area contributed by atoms with Crippen molar-refractivity contribution in [1.82, 2.24) is 4.98 Å². The molecule has 1 aromatic heterocycles. The van der Waals surface area contributed by atoms with E-state index >= 15 is 0 Å². The number of carbonyl (C=O) groups excluding carboxylic acids is 1. The first-order valence-electron chi connectivity index (χ1n) is 5.09. The third kappa shape index (κ3) is 1.66. The summed E-state index contributed by atoms with van der Waals surface area (Å²) in [4.78, 5) is 15.9. The van der Waals surface area contributed by atoms with Crippen molar-refractivity contribution in [3.8, 4) is 6.07 Å². The van der Waals surface area contributed by atoms with Crippen LogP contribution in [0.1, 0.15) is 29.4 Å². The van der Waals surface area contributed by atoms with E-state index in [4.69, 9.17) is 5.26 Å². The molecule has 0 bridgehead atoms. The van der Waals surface area contributed by atoms with Gasteiger partial charge in [-0.05, 0) is 12.1 Å². The molecule has 16 heavy (non-hydrogen) atoms. The SMILES string of the molecule is CCC(=O)c1cc(C#N)nc2ccccc12. The van der Waals surface area contributed by atoms with Crippen molar-refractivity contribution < 1.29 is 4.79 Å². The molecule has 0 fully saturated rings. The maximum absolute atomic E-state index is 11.8. The monoisotopic (exact) mass is 210 g/mol. The summed E-state index contributed by atoms with van der Waals surface area (Å²) < 4.78 is 0. The summed E-state index contributed by atoms with van der Waals surface area (Å²) in [5.41, 5.74) is 1.57. The van der Waals surface area contributed by atoms with Crippen LogP contribution in [0.5, 0.6) is 0 Å². The first-order valence-corrected chi connectivity index (χ1v) is 5.09. The van der Waals surface area contributed by atoms with Gasteiger partial charge in [-0.3, -0.25) is 4.79 Å². The lowest BCUT2D eigenvalue weighted by molar-refractivity contribution is 0.0989. The number of nitrogens with zero attached hydrogens (tertiary/aromatic N) is 2. The van der Waals surface area contributed by atoms with Gasteiger partial charge >= 0.3 is 0 Å². The van der Waals surface area contributed by atoms with E-state index < -0.39 is 0 Å². The van der Waals surface area contributed by atoms with Gasteiger partial charge in [0, 0.05) is 17.4 Å². The highest BCUT2D eigenvalue weighted by Gasteiger charge is 2.10. The number of aromatic nitrogens is 1. The van der Waals surface area contributed by atoms with E-state index in [0.717, 1.165) is 5.39 Å². The number of carbonyl (C=O) groups is 1. The lowest BCUT2D eigenvalue weighted by Crippen LogP contribution is -2.00. The second-order valence-electron chi connectivity index (χ2n) is 3.46. The Morgan fingerprint density at radius 3 is 2.88 bits per heavy atom. The standard InChI is InChI=1S/C13H10N2O/c1-2-13(16)11-7-9(8-14)15-12-6-4-3-5-10(11)12/h3-7H,2H2,1H3. The largest absolute Gasteiger partial charge is 0.294 e. The van der Waals surface area contributed by atoms with Crippen LogP contribution in [-0.4, -0.2) is 10.8 Å². The minimum absolute atomic E-state index is 0.0371. The molecular weight excluding hydrogens is 200 g/mol. The normalized spacial score (nSPS) is 10.0. The average molecular weight is 210 g/mol. The number of benzene rings is 1. The number of Topliss-reactive ketones (excluding diaryl/α,β-unsaturated/α-hetero) is 1. The van der Waals surface area contributed by atoms with Crippen LogP contribution in [0.3, 0.4) is 0 Å². The smallest absolute Gasteiger partial charge is 0.163 e. The molecule has 0 amide bonds. The third-order valence-corrected chi connectivity index (χ3v) is 2.45. The third-order valence-electron chi connectivity index (χ3n) is 2.45. The minimum Gasteiger partial charge on any atom is -0.294 e. The number of ketones is 1. The Kier molecular flexibility index (Phi) is 2.65. The molecule has 78 valence electrons. The fourth-order valence-corrected chi connectivity index (χ4v) is 1.65. The first kappa shape index (κ1) is 10.3. The van der Waals surface area contributed by atoms with Crippen LogP contribution in [0.4, 0.5) is 0 Å². The van der Waals surface area contributed by atoms with Gasteiger partial charge in [0.2, 0.25) is 0 Å².